The summed E-state index contributed by atoms with van der Waals surface area (Å²) in [6, 6.07) is 8.00. The van der Waals surface area contributed by atoms with Crippen molar-refractivity contribution in [2.75, 3.05) is 6.61 Å². The summed E-state index contributed by atoms with van der Waals surface area (Å²) in [4.78, 5) is 0. The Morgan fingerprint density at radius 2 is 2.12 bits per heavy atom. The molecule has 0 spiro atoms. The van der Waals surface area contributed by atoms with E-state index in [1.807, 2.05) is 44.3 Å². The van der Waals surface area contributed by atoms with Crippen LogP contribution in [0, 0.1) is 5.92 Å². The van der Waals surface area contributed by atoms with E-state index in [1.165, 1.54) is 0 Å². The fourth-order valence-corrected chi connectivity index (χ4v) is 2.91. The van der Waals surface area contributed by atoms with Gasteiger partial charge in [-0.15, -0.1) is 0 Å². The molecule has 0 amide bonds. The molecule has 5 nitrogen and oxygen atoms in total. The Morgan fingerprint density at radius 3 is 2.76 bits per heavy atom. The largest absolute Gasteiger partial charge is 0.491 e. The second-order valence-electron chi connectivity index (χ2n) is 7.24. The van der Waals surface area contributed by atoms with Crippen molar-refractivity contribution in [1.82, 2.24) is 10.7 Å². The van der Waals surface area contributed by atoms with Crippen molar-refractivity contribution in [2.24, 2.45) is 11.0 Å². The first-order valence-corrected chi connectivity index (χ1v) is 9.21. The topological polar surface area (TPSA) is 54.9 Å². The molecule has 1 fully saturated rings. The van der Waals surface area contributed by atoms with E-state index in [0.29, 0.717) is 17.6 Å². The number of nitrogens with one attached hydrogen (secondary N) is 2. The molecule has 1 aromatic carbocycles. The molecule has 25 heavy (non-hydrogen) atoms. The zero-order valence-corrected chi connectivity index (χ0v) is 16.4. The SMILES string of the molecule is CC(C)Oc1ccc(CNC(=S)N/N=C\[C@H]2CCOC(C)(C)C2)cc1. The molecule has 1 saturated heterocycles. The average molecular weight is 364 g/mol. The molecule has 0 unspecified atom stereocenters. The molecule has 1 aliphatic rings. The molecular formula is C19H29N3O2S. The normalized spacial score (nSPS) is 19.8. The molecule has 1 aliphatic heterocycles. The summed E-state index contributed by atoms with van der Waals surface area (Å²) in [5.74, 6) is 1.30. The van der Waals surface area contributed by atoms with E-state index in [4.69, 9.17) is 21.7 Å². The van der Waals surface area contributed by atoms with E-state index in [-0.39, 0.29) is 11.7 Å². The Morgan fingerprint density at radius 1 is 1.40 bits per heavy atom. The molecule has 0 aromatic heterocycles. The third kappa shape index (κ3) is 7.40. The van der Waals surface area contributed by atoms with Crippen LogP contribution in [0.25, 0.3) is 0 Å². The number of nitrogens with zero attached hydrogens (tertiary/aromatic N) is 1. The molecule has 2 N–H and O–H groups in total. The maximum absolute atomic E-state index is 5.71. The summed E-state index contributed by atoms with van der Waals surface area (Å²) in [7, 11) is 0. The first-order valence-electron chi connectivity index (χ1n) is 8.81. The number of thiocarbonyl (C=S) groups is 1. The number of benzene rings is 1. The minimum absolute atomic E-state index is 0.0703. The highest BCUT2D eigenvalue weighted by Gasteiger charge is 2.27. The molecule has 0 bridgehead atoms. The maximum atomic E-state index is 5.71. The molecule has 0 aliphatic carbocycles. The molecule has 138 valence electrons. The van der Waals surface area contributed by atoms with Crippen molar-refractivity contribution < 1.29 is 9.47 Å². The van der Waals surface area contributed by atoms with Crippen molar-refractivity contribution in [1.29, 1.82) is 0 Å². The summed E-state index contributed by atoms with van der Waals surface area (Å²) >= 11 is 5.26. The predicted octanol–water partition coefficient (Wildman–Crippen LogP) is 3.63. The minimum atomic E-state index is -0.0703. The van der Waals surface area contributed by atoms with Crippen molar-refractivity contribution in [3.63, 3.8) is 0 Å². The third-order valence-electron chi connectivity index (χ3n) is 3.93. The van der Waals surface area contributed by atoms with Crippen LogP contribution in [0.15, 0.2) is 29.4 Å². The zero-order chi connectivity index (χ0) is 18.3. The van der Waals surface area contributed by atoms with Crippen LogP contribution >= 0.6 is 12.2 Å². The van der Waals surface area contributed by atoms with Gasteiger partial charge in [-0.3, -0.25) is 5.43 Å². The smallest absolute Gasteiger partial charge is 0.187 e. The lowest BCUT2D eigenvalue weighted by Crippen LogP contribution is -2.35. The van der Waals surface area contributed by atoms with Gasteiger partial charge in [-0.1, -0.05) is 12.1 Å². The molecule has 0 radical (unpaired) electrons. The van der Waals surface area contributed by atoms with E-state index in [9.17, 15) is 0 Å². The van der Waals surface area contributed by atoms with E-state index in [2.05, 4.69) is 29.7 Å². The molecule has 0 saturated carbocycles. The van der Waals surface area contributed by atoms with Gasteiger partial charge in [-0.25, -0.2) is 0 Å². The average Bonchev–Trinajstić information content (AvgIpc) is 2.53. The van der Waals surface area contributed by atoms with Gasteiger partial charge in [0.15, 0.2) is 5.11 Å². The van der Waals surface area contributed by atoms with Gasteiger partial charge in [-0.2, -0.15) is 5.10 Å². The van der Waals surface area contributed by atoms with Crippen LogP contribution in [-0.4, -0.2) is 29.6 Å². The lowest BCUT2D eigenvalue weighted by Gasteiger charge is -2.33. The Kier molecular flexibility index (Phi) is 7.20. The lowest BCUT2D eigenvalue weighted by molar-refractivity contribution is -0.0608. The van der Waals surface area contributed by atoms with E-state index in [0.717, 1.165) is 30.8 Å². The number of hydrogen-bond acceptors (Lipinski definition) is 4. The van der Waals surface area contributed by atoms with Crippen molar-refractivity contribution in [2.45, 2.75) is 58.8 Å². The summed E-state index contributed by atoms with van der Waals surface area (Å²) in [6.45, 7) is 9.69. The minimum Gasteiger partial charge on any atom is -0.491 e. The van der Waals surface area contributed by atoms with Gasteiger partial charge < -0.3 is 14.8 Å². The highest BCUT2D eigenvalue weighted by Crippen LogP contribution is 2.27. The molecular weight excluding hydrogens is 334 g/mol. The highest BCUT2D eigenvalue weighted by molar-refractivity contribution is 7.80. The molecule has 1 heterocycles. The van der Waals surface area contributed by atoms with Gasteiger partial charge >= 0.3 is 0 Å². The molecule has 6 heteroatoms. The molecule has 2 rings (SSSR count). The fraction of sp³-hybridized carbons (Fsp3) is 0.579. The van der Waals surface area contributed by atoms with Gasteiger partial charge in [0.2, 0.25) is 0 Å². The predicted molar refractivity (Wildman–Crippen MR) is 106 cm³/mol. The Hall–Kier alpha value is -1.66. The Bertz CT molecular complexity index is 585. The van der Waals surface area contributed by atoms with Gasteiger partial charge in [-0.05, 0) is 70.5 Å². The molecule has 1 atom stereocenters. The second kappa shape index (κ2) is 9.15. The van der Waals surface area contributed by atoms with Crippen molar-refractivity contribution >= 4 is 23.5 Å². The van der Waals surface area contributed by atoms with Crippen LogP contribution < -0.4 is 15.5 Å². The van der Waals surface area contributed by atoms with Crippen LogP contribution in [0.1, 0.15) is 46.1 Å². The van der Waals surface area contributed by atoms with E-state index < -0.39 is 0 Å². The summed E-state index contributed by atoms with van der Waals surface area (Å²) in [5.41, 5.74) is 3.95. The third-order valence-corrected chi connectivity index (χ3v) is 4.17. The standard InChI is InChI=1S/C19H29N3O2S/c1-14(2)24-17-7-5-15(6-8-17)12-20-18(25)22-21-13-16-9-10-23-19(3,4)11-16/h5-8,13-14,16H,9-12H2,1-4H3,(H2,20,22,25)/b21-13-/t16-/m0/s1. The summed E-state index contributed by atoms with van der Waals surface area (Å²) < 4.78 is 11.3. The van der Waals surface area contributed by atoms with E-state index >= 15 is 0 Å². The summed E-state index contributed by atoms with van der Waals surface area (Å²) in [6.07, 6.45) is 4.10. The van der Waals surface area contributed by atoms with Crippen LogP contribution in [-0.2, 0) is 11.3 Å². The number of rotatable bonds is 6. The number of hydrogen-bond donors (Lipinski definition) is 2. The summed E-state index contributed by atoms with van der Waals surface area (Å²) in [5, 5.41) is 7.94. The molecule has 1 aromatic rings. The van der Waals surface area contributed by atoms with Crippen LogP contribution in [0.4, 0.5) is 0 Å². The van der Waals surface area contributed by atoms with Crippen LogP contribution in [0.2, 0.25) is 0 Å². The van der Waals surface area contributed by atoms with Crippen LogP contribution in [0.5, 0.6) is 5.75 Å². The first-order chi connectivity index (χ1) is 11.8. The second-order valence-corrected chi connectivity index (χ2v) is 7.65. The van der Waals surface area contributed by atoms with Gasteiger partial charge in [0.25, 0.3) is 0 Å². The fourth-order valence-electron chi connectivity index (χ4n) is 2.79. The maximum Gasteiger partial charge on any atom is 0.187 e. The monoisotopic (exact) mass is 363 g/mol. The quantitative estimate of drug-likeness (QED) is 0.459. The Labute approximate surface area is 156 Å². The van der Waals surface area contributed by atoms with Gasteiger partial charge in [0.05, 0.1) is 11.7 Å². The van der Waals surface area contributed by atoms with Crippen molar-refractivity contribution in [3.8, 4) is 5.75 Å². The van der Waals surface area contributed by atoms with Gasteiger partial charge in [0.1, 0.15) is 5.75 Å². The number of hydrazone groups is 1. The first kappa shape index (κ1) is 19.7. The van der Waals surface area contributed by atoms with Crippen molar-refractivity contribution in [3.05, 3.63) is 29.8 Å². The number of ether oxygens (including phenoxy) is 2. The van der Waals surface area contributed by atoms with Crippen LogP contribution in [0.3, 0.4) is 0 Å². The van der Waals surface area contributed by atoms with E-state index in [1.54, 1.807) is 0 Å². The Balaban J connectivity index is 1.71. The highest BCUT2D eigenvalue weighted by atomic mass is 32.1. The van der Waals surface area contributed by atoms with Gasteiger partial charge in [0, 0.05) is 25.3 Å². The lowest BCUT2D eigenvalue weighted by atomic mass is 9.89. The zero-order valence-electron chi connectivity index (χ0n) is 15.5.